The minimum atomic E-state index is -0.498. The lowest BCUT2D eigenvalue weighted by atomic mass is 10.0. The summed E-state index contributed by atoms with van der Waals surface area (Å²) in [4.78, 5) is 21.7. The zero-order valence-electron chi connectivity index (χ0n) is 7.21. The van der Waals surface area contributed by atoms with Gasteiger partial charge in [-0.2, -0.15) is 0 Å². The van der Waals surface area contributed by atoms with Gasteiger partial charge in [0.15, 0.2) is 12.1 Å². The summed E-state index contributed by atoms with van der Waals surface area (Å²) in [7, 11) is 0. The number of hydrogen-bond donors (Lipinski definition) is 0. The number of hydrogen-bond acceptors (Lipinski definition) is 2. The molecule has 0 fully saturated rings. The van der Waals surface area contributed by atoms with Gasteiger partial charge in [0.25, 0.3) is 0 Å². The molecule has 0 N–H and O–H groups in total. The van der Waals surface area contributed by atoms with Crippen molar-refractivity contribution < 1.29 is 14.0 Å². The van der Waals surface area contributed by atoms with Gasteiger partial charge in [-0.15, -0.1) is 0 Å². The molecule has 1 rings (SSSR count). The van der Waals surface area contributed by atoms with Crippen molar-refractivity contribution in [2.45, 2.75) is 13.3 Å². The first-order valence-electron chi connectivity index (χ1n) is 3.97. The zero-order chi connectivity index (χ0) is 9.84. The van der Waals surface area contributed by atoms with Crippen LogP contribution in [-0.2, 0) is 0 Å². The monoisotopic (exact) mass is 180 g/mol. The standard InChI is InChI=1S/C10H9FO2/c1-2-10(13)9-5-8(11)4-3-7(9)6-12/h3-6H,2H2,1H3. The number of aldehydes is 1. The lowest BCUT2D eigenvalue weighted by molar-refractivity contribution is 0.0981. The van der Waals surface area contributed by atoms with Crippen LogP contribution in [0.3, 0.4) is 0 Å². The molecule has 0 spiro atoms. The van der Waals surface area contributed by atoms with Gasteiger partial charge in [-0.05, 0) is 18.2 Å². The van der Waals surface area contributed by atoms with Crippen molar-refractivity contribution in [2.75, 3.05) is 0 Å². The summed E-state index contributed by atoms with van der Waals surface area (Å²) >= 11 is 0. The molecule has 1 aromatic carbocycles. The van der Waals surface area contributed by atoms with E-state index in [2.05, 4.69) is 0 Å². The third-order valence-corrected chi connectivity index (χ3v) is 1.76. The number of Topliss-reactive ketones (excluding diaryl/α,β-unsaturated/α-hetero) is 1. The Morgan fingerprint density at radius 2 is 2.23 bits per heavy atom. The van der Waals surface area contributed by atoms with Gasteiger partial charge in [0.2, 0.25) is 0 Å². The highest BCUT2D eigenvalue weighted by atomic mass is 19.1. The molecule has 0 heterocycles. The highest BCUT2D eigenvalue weighted by Crippen LogP contribution is 2.11. The number of carbonyl (C=O) groups excluding carboxylic acids is 2. The third-order valence-electron chi connectivity index (χ3n) is 1.76. The van der Waals surface area contributed by atoms with Crippen molar-refractivity contribution in [1.29, 1.82) is 0 Å². The maximum atomic E-state index is 12.7. The number of carbonyl (C=O) groups is 2. The van der Waals surface area contributed by atoms with Crippen LogP contribution >= 0.6 is 0 Å². The fourth-order valence-corrected chi connectivity index (χ4v) is 1.06. The predicted molar refractivity (Wildman–Crippen MR) is 46.4 cm³/mol. The van der Waals surface area contributed by atoms with Gasteiger partial charge in [-0.25, -0.2) is 4.39 Å². The molecule has 0 radical (unpaired) electrons. The molecule has 0 unspecified atom stereocenters. The molecule has 0 saturated heterocycles. The smallest absolute Gasteiger partial charge is 0.163 e. The average Bonchev–Trinajstić information content (AvgIpc) is 2.16. The minimum absolute atomic E-state index is 0.164. The summed E-state index contributed by atoms with van der Waals surface area (Å²) in [6.45, 7) is 1.67. The van der Waals surface area contributed by atoms with Crippen LogP contribution in [0.25, 0.3) is 0 Å². The molecule has 68 valence electrons. The normalized spacial score (nSPS) is 9.69. The van der Waals surface area contributed by atoms with E-state index in [1.54, 1.807) is 6.92 Å². The summed E-state index contributed by atoms with van der Waals surface area (Å²) in [6.07, 6.45) is 0.826. The lowest BCUT2D eigenvalue weighted by Crippen LogP contribution is -2.02. The maximum Gasteiger partial charge on any atom is 0.163 e. The number of benzene rings is 1. The van der Waals surface area contributed by atoms with E-state index in [0.717, 1.165) is 12.1 Å². The van der Waals surface area contributed by atoms with Crippen LogP contribution in [-0.4, -0.2) is 12.1 Å². The van der Waals surface area contributed by atoms with Crippen molar-refractivity contribution in [2.24, 2.45) is 0 Å². The molecule has 1 aromatic rings. The van der Waals surface area contributed by atoms with Crippen molar-refractivity contribution in [1.82, 2.24) is 0 Å². The topological polar surface area (TPSA) is 34.1 Å². The molecule has 0 aliphatic carbocycles. The van der Waals surface area contributed by atoms with Crippen molar-refractivity contribution >= 4 is 12.1 Å². The average molecular weight is 180 g/mol. The Hall–Kier alpha value is -1.51. The van der Waals surface area contributed by atoms with E-state index in [4.69, 9.17) is 0 Å². The Kier molecular flexibility index (Phi) is 2.90. The van der Waals surface area contributed by atoms with E-state index in [-0.39, 0.29) is 23.3 Å². The van der Waals surface area contributed by atoms with Crippen molar-refractivity contribution in [3.63, 3.8) is 0 Å². The van der Waals surface area contributed by atoms with Crippen molar-refractivity contribution in [3.8, 4) is 0 Å². The Labute approximate surface area is 75.4 Å². The molecule has 0 atom stereocenters. The molecule has 0 saturated carbocycles. The number of rotatable bonds is 3. The quantitative estimate of drug-likeness (QED) is 0.528. The van der Waals surface area contributed by atoms with E-state index < -0.39 is 5.82 Å². The second-order valence-corrected chi connectivity index (χ2v) is 2.63. The van der Waals surface area contributed by atoms with E-state index in [9.17, 15) is 14.0 Å². The van der Waals surface area contributed by atoms with Crippen LogP contribution < -0.4 is 0 Å². The van der Waals surface area contributed by atoms with Gasteiger partial charge in [-0.3, -0.25) is 9.59 Å². The van der Waals surface area contributed by atoms with Crippen molar-refractivity contribution in [3.05, 3.63) is 35.1 Å². The lowest BCUT2D eigenvalue weighted by Gasteiger charge is -2.01. The highest BCUT2D eigenvalue weighted by molar-refractivity contribution is 6.02. The fourth-order valence-electron chi connectivity index (χ4n) is 1.06. The Bertz CT molecular complexity index is 345. The molecule has 0 aliphatic heterocycles. The summed E-state index contributed by atoms with van der Waals surface area (Å²) in [5, 5.41) is 0. The summed E-state index contributed by atoms with van der Waals surface area (Å²) in [5.41, 5.74) is 0.408. The number of halogens is 1. The fraction of sp³-hybridized carbons (Fsp3) is 0.200. The predicted octanol–water partition coefficient (Wildman–Crippen LogP) is 2.23. The minimum Gasteiger partial charge on any atom is -0.298 e. The van der Waals surface area contributed by atoms with Crippen LogP contribution in [0.1, 0.15) is 34.1 Å². The Balaban J connectivity index is 3.23. The number of ketones is 1. The summed E-state index contributed by atoms with van der Waals surface area (Å²) in [6, 6.07) is 3.57. The Morgan fingerprint density at radius 1 is 1.54 bits per heavy atom. The molecule has 3 heteroatoms. The largest absolute Gasteiger partial charge is 0.298 e. The molecular formula is C10H9FO2. The molecule has 13 heavy (non-hydrogen) atoms. The van der Waals surface area contributed by atoms with Gasteiger partial charge < -0.3 is 0 Å². The van der Waals surface area contributed by atoms with Crippen LogP contribution in [0.4, 0.5) is 4.39 Å². The highest BCUT2D eigenvalue weighted by Gasteiger charge is 2.09. The molecular weight excluding hydrogens is 171 g/mol. The van der Waals surface area contributed by atoms with Gasteiger partial charge >= 0.3 is 0 Å². The van der Waals surface area contributed by atoms with Crippen LogP contribution in [0.5, 0.6) is 0 Å². The molecule has 2 nitrogen and oxygen atoms in total. The van der Waals surface area contributed by atoms with E-state index in [1.165, 1.54) is 6.07 Å². The summed E-state index contributed by atoms with van der Waals surface area (Å²) in [5.74, 6) is -0.719. The van der Waals surface area contributed by atoms with Crippen LogP contribution in [0.2, 0.25) is 0 Å². The molecule has 0 amide bonds. The second kappa shape index (κ2) is 3.94. The van der Waals surface area contributed by atoms with Crippen LogP contribution in [0, 0.1) is 5.82 Å². The third kappa shape index (κ3) is 1.99. The SMILES string of the molecule is CCC(=O)c1cc(F)ccc1C=O. The molecule has 0 aromatic heterocycles. The van der Waals surface area contributed by atoms with Gasteiger partial charge in [0, 0.05) is 17.5 Å². The summed E-state index contributed by atoms with van der Waals surface area (Å²) < 4.78 is 12.7. The van der Waals surface area contributed by atoms with Gasteiger partial charge in [-0.1, -0.05) is 6.92 Å². The van der Waals surface area contributed by atoms with Gasteiger partial charge in [0.1, 0.15) is 5.82 Å². The first-order chi connectivity index (χ1) is 6.19. The van der Waals surface area contributed by atoms with Crippen LogP contribution in [0.15, 0.2) is 18.2 Å². The van der Waals surface area contributed by atoms with Gasteiger partial charge in [0.05, 0.1) is 0 Å². The van der Waals surface area contributed by atoms with E-state index in [1.807, 2.05) is 0 Å². The zero-order valence-corrected chi connectivity index (χ0v) is 7.21. The Morgan fingerprint density at radius 3 is 2.77 bits per heavy atom. The van der Waals surface area contributed by atoms with E-state index in [0.29, 0.717) is 6.29 Å². The second-order valence-electron chi connectivity index (χ2n) is 2.63. The molecule has 0 bridgehead atoms. The maximum absolute atomic E-state index is 12.7. The molecule has 0 aliphatic rings. The first-order valence-corrected chi connectivity index (χ1v) is 3.97. The van der Waals surface area contributed by atoms with E-state index >= 15 is 0 Å². The first kappa shape index (κ1) is 9.58.